The molecule has 1 saturated heterocycles. The first-order valence-corrected chi connectivity index (χ1v) is 7.76. The first kappa shape index (κ1) is 16.8. The third kappa shape index (κ3) is 5.70. The van der Waals surface area contributed by atoms with Gasteiger partial charge in [-0.3, -0.25) is 4.79 Å². The maximum Gasteiger partial charge on any atom is 0.220 e. The highest BCUT2D eigenvalue weighted by molar-refractivity contribution is 5.85. The number of hydrogen-bond acceptors (Lipinski definition) is 2. The highest BCUT2D eigenvalue weighted by atomic mass is 35.5. The van der Waals surface area contributed by atoms with Crippen molar-refractivity contribution in [3.63, 3.8) is 0 Å². The average Bonchev–Trinajstić information content (AvgIpc) is 2.40. The van der Waals surface area contributed by atoms with E-state index >= 15 is 0 Å². The Morgan fingerprint density at radius 1 is 1.21 bits per heavy atom. The fourth-order valence-electron chi connectivity index (χ4n) is 3.42. The molecule has 19 heavy (non-hydrogen) atoms. The van der Waals surface area contributed by atoms with E-state index < -0.39 is 0 Å². The molecule has 1 heterocycles. The fraction of sp³-hybridized carbons (Fsp3) is 0.933. The van der Waals surface area contributed by atoms with E-state index in [0.29, 0.717) is 12.0 Å². The van der Waals surface area contributed by atoms with Crippen LogP contribution < -0.4 is 10.6 Å². The van der Waals surface area contributed by atoms with Gasteiger partial charge >= 0.3 is 0 Å². The van der Waals surface area contributed by atoms with Crippen LogP contribution in [0.1, 0.15) is 58.3 Å². The summed E-state index contributed by atoms with van der Waals surface area (Å²) >= 11 is 0. The van der Waals surface area contributed by atoms with Crippen molar-refractivity contribution in [2.24, 2.45) is 11.8 Å². The molecule has 112 valence electrons. The molecule has 2 aliphatic rings. The number of amides is 1. The Kier molecular flexibility index (Phi) is 7.77. The molecule has 1 aliphatic carbocycles. The summed E-state index contributed by atoms with van der Waals surface area (Å²) in [5.41, 5.74) is 0. The number of halogens is 1. The second-order valence-electron chi connectivity index (χ2n) is 6.19. The SMILES string of the molecule is CC(CC(=O)NC1CCCNC1)C1CCCCC1.Cl. The number of piperidine rings is 1. The van der Waals surface area contributed by atoms with E-state index in [2.05, 4.69) is 17.6 Å². The minimum Gasteiger partial charge on any atom is -0.352 e. The van der Waals surface area contributed by atoms with Crippen LogP contribution >= 0.6 is 12.4 Å². The van der Waals surface area contributed by atoms with Crippen molar-refractivity contribution in [1.29, 1.82) is 0 Å². The first-order valence-electron chi connectivity index (χ1n) is 7.76. The highest BCUT2D eigenvalue weighted by Gasteiger charge is 2.23. The molecule has 2 rings (SSSR count). The molecule has 4 heteroatoms. The van der Waals surface area contributed by atoms with Gasteiger partial charge in [0.15, 0.2) is 0 Å². The molecule has 1 saturated carbocycles. The molecular weight excluding hydrogens is 260 g/mol. The lowest BCUT2D eigenvalue weighted by molar-refractivity contribution is -0.123. The average molecular weight is 289 g/mol. The highest BCUT2D eigenvalue weighted by Crippen LogP contribution is 2.31. The second kappa shape index (κ2) is 8.80. The van der Waals surface area contributed by atoms with Crippen molar-refractivity contribution >= 4 is 18.3 Å². The van der Waals surface area contributed by atoms with Gasteiger partial charge < -0.3 is 10.6 Å². The van der Waals surface area contributed by atoms with Crippen LogP contribution in [-0.2, 0) is 4.79 Å². The van der Waals surface area contributed by atoms with Crippen molar-refractivity contribution < 1.29 is 4.79 Å². The number of rotatable bonds is 4. The molecule has 2 fully saturated rings. The van der Waals surface area contributed by atoms with Crippen LogP contribution in [0.15, 0.2) is 0 Å². The lowest BCUT2D eigenvalue weighted by Crippen LogP contribution is -2.46. The second-order valence-corrected chi connectivity index (χ2v) is 6.19. The maximum atomic E-state index is 12.0. The van der Waals surface area contributed by atoms with Crippen LogP contribution in [0.5, 0.6) is 0 Å². The zero-order valence-corrected chi connectivity index (χ0v) is 12.9. The third-order valence-electron chi connectivity index (χ3n) is 4.62. The lowest BCUT2D eigenvalue weighted by atomic mass is 9.79. The standard InChI is InChI=1S/C15H28N2O.ClH/c1-12(13-6-3-2-4-7-13)10-15(18)17-14-8-5-9-16-11-14;/h12-14,16H,2-11H2,1H3,(H,17,18);1H. The predicted octanol–water partition coefficient (Wildman–Crippen LogP) is 2.88. The van der Waals surface area contributed by atoms with E-state index in [0.717, 1.165) is 31.8 Å². The van der Waals surface area contributed by atoms with Crippen LogP contribution in [0.3, 0.4) is 0 Å². The summed E-state index contributed by atoms with van der Waals surface area (Å²) in [7, 11) is 0. The molecule has 0 spiro atoms. The zero-order valence-electron chi connectivity index (χ0n) is 12.1. The predicted molar refractivity (Wildman–Crippen MR) is 81.6 cm³/mol. The van der Waals surface area contributed by atoms with E-state index in [1.165, 1.54) is 38.5 Å². The molecule has 2 N–H and O–H groups in total. The Hall–Kier alpha value is -0.280. The monoisotopic (exact) mass is 288 g/mol. The summed E-state index contributed by atoms with van der Waals surface area (Å²) in [4.78, 5) is 12.0. The van der Waals surface area contributed by atoms with E-state index in [-0.39, 0.29) is 18.3 Å². The summed E-state index contributed by atoms with van der Waals surface area (Å²) in [6, 6.07) is 0.366. The summed E-state index contributed by atoms with van der Waals surface area (Å²) in [6.45, 7) is 4.31. The van der Waals surface area contributed by atoms with Crippen molar-refractivity contribution in [2.75, 3.05) is 13.1 Å². The fourth-order valence-corrected chi connectivity index (χ4v) is 3.42. The van der Waals surface area contributed by atoms with Gasteiger partial charge in [-0.05, 0) is 31.2 Å². The van der Waals surface area contributed by atoms with Crippen molar-refractivity contribution in [3.8, 4) is 0 Å². The molecule has 2 atom stereocenters. The third-order valence-corrected chi connectivity index (χ3v) is 4.62. The van der Waals surface area contributed by atoms with E-state index in [4.69, 9.17) is 0 Å². The molecule has 0 aromatic rings. The summed E-state index contributed by atoms with van der Waals surface area (Å²) < 4.78 is 0. The Labute approximate surface area is 123 Å². The quantitative estimate of drug-likeness (QED) is 0.835. The van der Waals surface area contributed by atoms with E-state index in [1.54, 1.807) is 0 Å². The Balaban J connectivity index is 0.00000180. The molecular formula is C15H29ClN2O. The normalized spacial score (nSPS) is 26.3. The van der Waals surface area contributed by atoms with Gasteiger partial charge in [-0.15, -0.1) is 12.4 Å². The topological polar surface area (TPSA) is 41.1 Å². The number of hydrogen-bond donors (Lipinski definition) is 2. The van der Waals surface area contributed by atoms with Crippen molar-refractivity contribution in [3.05, 3.63) is 0 Å². The molecule has 1 aliphatic heterocycles. The number of nitrogens with one attached hydrogen (secondary N) is 2. The van der Waals surface area contributed by atoms with Crippen LogP contribution in [0.2, 0.25) is 0 Å². The smallest absolute Gasteiger partial charge is 0.220 e. The van der Waals surface area contributed by atoms with Crippen LogP contribution in [0.4, 0.5) is 0 Å². The maximum absolute atomic E-state index is 12.0. The molecule has 0 aromatic heterocycles. The molecule has 1 amide bonds. The van der Waals surface area contributed by atoms with E-state index in [1.807, 2.05) is 0 Å². The van der Waals surface area contributed by atoms with Crippen LogP contribution in [0, 0.1) is 11.8 Å². The van der Waals surface area contributed by atoms with Gasteiger partial charge in [0.1, 0.15) is 0 Å². The molecule has 0 aromatic carbocycles. The Bertz CT molecular complexity index is 261. The summed E-state index contributed by atoms with van der Waals surface area (Å²) in [5, 5.41) is 6.53. The zero-order chi connectivity index (χ0) is 12.8. The van der Waals surface area contributed by atoms with Crippen molar-refractivity contribution in [1.82, 2.24) is 10.6 Å². The molecule has 2 unspecified atom stereocenters. The Morgan fingerprint density at radius 3 is 2.58 bits per heavy atom. The van der Waals surface area contributed by atoms with Gasteiger partial charge in [-0.2, -0.15) is 0 Å². The van der Waals surface area contributed by atoms with Crippen molar-refractivity contribution in [2.45, 2.75) is 64.3 Å². The van der Waals surface area contributed by atoms with Crippen LogP contribution in [0.25, 0.3) is 0 Å². The van der Waals surface area contributed by atoms with Gasteiger partial charge in [0.05, 0.1) is 0 Å². The van der Waals surface area contributed by atoms with E-state index in [9.17, 15) is 4.79 Å². The summed E-state index contributed by atoms with van der Waals surface area (Å²) in [6.07, 6.45) is 9.83. The van der Waals surface area contributed by atoms with Crippen LogP contribution in [-0.4, -0.2) is 25.0 Å². The van der Waals surface area contributed by atoms with Gasteiger partial charge in [0.2, 0.25) is 5.91 Å². The first-order chi connectivity index (χ1) is 8.75. The Morgan fingerprint density at radius 2 is 1.95 bits per heavy atom. The van der Waals surface area contributed by atoms with Gasteiger partial charge in [-0.1, -0.05) is 39.0 Å². The minimum absolute atomic E-state index is 0. The molecule has 3 nitrogen and oxygen atoms in total. The van der Waals surface area contributed by atoms with Gasteiger partial charge in [-0.25, -0.2) is 0 Å². The molecule has 0 radical (unpaired) electrons. The van der Waals surface area contributed by atoms with Gasteiger partial charge in [0, 0.05) is 19.0 Å². The lowest BCUT2D eigenvalue weighted by Gasteiger charge is -2.28. The number of carbonyl (C=O) groups is 1. The molecule has 0 bridgehead atoms. The number of carbonyl (C=O) groups excluding carboxylic acids is 1. The largest absolute Gasteiger partial charge is 0.352 e. The summed E-state index contributed by atoms with van der Waals surface area (Å²) in [5.74, 6) is 1.61. The van der Waals surface area contributed by atoms with Gasteiger partial charge in [0.25, 0.3) is 0 Å². The minimum atomic E-state index is 0.